The van der Waals surface area contributed by atoms with Crippen LogP contribution in [0, 0.1) is 6.92 Å². The number of nitrogen functional groups attached to an aromatic ring is 1. The van der Waals surface area contributed by atoms with Gasteiger partial charge in [0.05, 0.1) is 11.3 Å². The molecular formula is C11H16N4O. The fourth-order valence-corrected chi connectivity index (χ4v) is 1.68. The van der Waals surface area contributed by atoms with Crippen molar-refractivity contribution in [3.05, 3.63) is 23.5 Å². The van der Waals surface area contributed by atoms with Crippen molar-refractivity contribution >= 4 is 11.6 Å². The molecule has 1 saturated carbocycles. The van der Waals surface area contributed by atoms with Crippen molar-refractivity contribution in [2.75, 3.05) is 5.43 Å². The maximum atomic E-state index is 11.9. The van der Waals surface area contributed by atoms with Gasteiger partial charge in [-0.15, -0.1) is 0 Å². The molecular weight excluding hydrogens is 204 g/mol. The summed E-state index contributed by atoms with van der Waals surface area (Å²) in [4.78, 5) is 16.0. The van der Waals surface area contributed by atoms with E-state index in [-0.39, 0.29) is 5.91 Å². The van der Waals surface area contributed by atoms with Crippen molar-refractivity contribution < 1.29 is 4.79 Å². The number of anilines is 1. The minimum atomic E-state index is -0.106. The fourth-order valence-electron chi connectivity index (χ4n) is 1.68. The van der Waals surface area contributed by atoms with E-state index in [4.69, 9.17) is 5.84 Å². The molecule has 0 atom stereocenters. The minimum absolute atomic E-state index is 0.106. The molecule has 86 valence electrons. The van der Waals surface area contributed by atoms with Crippen LogP contribution in [-0.2, 0) is 0 Å². The van der Waals surface area contributed by atoms with Crippen LogP contribution in [0.15, 0.2) is 12.3 Å². The number of aryl methyl sites for hydroxylation is 1. The summed E-state index contributed by atoms with van der Waals surface area (Å²) in [5.41, 5.74) is 4.47. The molecule has 5 heteroatoms. The lowest BCUT2D eigenvalue weighted by molar-refractivity contribution is 0.0917. The number of nitrogens with zero attached hydrogens (tertiary/aromatic N) is 1. The molecule has 0 spiro atoms. The van der Waals surface area contributed by atoms with Gasteiger partial charge in [-0.3, -0.25) is 15.6 Å². The molecule has 1 aromatic heterocycles. The van der Waals surface area contributed by atoms with Gasteiger partial charge in [-0.05, 0) is 32.3 Å². The standard InChI is InChI=1S/C11H16N4O/c1-7-5-10(15-12)9(6-13-7)11(16)14-8-3-2-4-8/h5-6,8H,2-4,12H2,1H3,(H,13,15)(H,14,16). The minimum Gasteiger partial charge on any atom is -0.349 e. The lowest BCUT2D eigenvalue weighted by atomic mass is 9.93. The van der Waals surface area contributed by atoms with Crippen LogP contribution < -0.4 is 16.6 Å². The van der Waals surface area contributed by atoms with Crippen molar-refractivity contribution in [3.8, 4) is 0 Å². The van der Waals surface area contributed by atoms with Gasteiger partial charge in [0.1, 0.15) is 0 Å². The van der Waals surface area contributed by atoms with Gasteiger partial charge in [0.2, 0.25) is 0 Å². The highest BCUT2D eigenvalue weighted by Gasteiger charge is 2.21. The molecule has 5 nitrogen and oxygen atoms in total. The lowest BCUT2D eigenvalue weighted by Crippen LogP contribution is -2.39. The first kappa shape index (κ1) is 10.9. The third-order valence-electron chi connectivity index (χ3n) is 2.88. The highest BCUT2D eigenvalue weighted by Crippen LogP contribution is 2.20. The Hall–Kier alpha value is -1.62. The van der Waals surface area contributed by atoms with Gasteiger partial charge in [0.25, 0.3) is 5.91 Å². The van der Waals surface area contributed by atoms with E-state index in [0.717, 1.165) is 18.5 Å². The largest absolute Gasteiger partial charge is 0.349 e. The first-order chi connectivity index (χ1) is 7.70. The maximum absolute atomic E-state index is 11.9. The monoisotopic (exact) mass is 220 g/mol. The van der Waals surface area contributed by atoms with Gasteiger partial charge in [0, 0.05) is 17.9 Å². The Kier molecular flexibility index (Phi) is 3.05. The molecule has 1 fully saturated rings. The van der Waals surface area contributed by atoms with E-state index in [1.165, 1.54) is 6.42 Å². The number of carbonyl (C=O) groups excluding carboxylic acids is 1. The molecule has 1 aliphatic rings. The van der Waals surface area contributed by atoms with Gasteiger partial charge < -0.3 is 10.7 Å². The number of nitrogens with one attached hydrogen (secondary N) is 2. The molecule has 2 rings (SSSR count). The highest BCUT2D eigenvalue weighted by atomic mass is 16.1. The van der Waals surface area contributed by atoms with E-state index in [1.54, 1.807) is 12.3 Å². The second-order valence-corrected chi connectivity index (χ2v) is 4.12. The van der Waals surface area contributed by atoms with Crippen molar-refractivity contribution in [2.24, 2.45) is 5.84 Å². The van der Waals surface area contributed by atoms with Crippen LogP contribution in [-0.4, -0.2) is 16.9 Å². The lowest BCUT2D eigenvalue weighted by Gasteiger charge is -2.26. The van der Waals surface area contributed by atoms with E-state index < -0.39 is 0 Å². The molecule has 16 heavy (non-hydrogen) atoms. The Morgan fingerprint density at radius 1 is 1.56 bits per heavy atom. The second kappa shape index (κ2) is 4.49. The summed E-state index contributed by atoms with van der Waals surface area (Å²) in [6, 6.07) is 2.08. The predicted octanol–water partition coefficient (Wildman–Crippen LogP) is 0.958. The number of pyridine rings is 1. The molecule has 1 amide bonds. The van der Waals surface area contributed by atoms with Gasteiger partial charge in [-0.2, -0.15) is 0 Å². The SMILES string of the molecule is Cc1cc(NN)c(C(=O)NC2CCC2)cn1. The van der Waals surface area contributed by atoms with Crippen molar-refractivity contribution in [1.82, 2.24) is 10.3 Å². The second-order valence-electron chi connectivity index (χ2n) is 4.12. The first-order valence-electron chi connectivity index (χ1n) is 5.45. The van der Waals surface area contributed by atoms with Gasteiger partial charge >= 0.3 is 0 Å². The number of hydrogen-bond donors (Lipinski definition) is 3. The summed E-state index contributed by atoms with van der Waals surface area (Å²) in [6.07, 6.45) is 4.88. The molecule has 0 unspecified atom stereocenters. The van der Waals surface area contributed by atoms with Gasteiger partial charge in [0.15, 0.2) is 0 Å². The molecule has 0 bridgehead atoms. The third kappa shape index (κ3) is 2.14. The quantitative estimate of drug-likeness (QED) is 0.523. The average molecular weight is 220 g/mol. The molecule has 0 radical (unpaired) electrons. The smallest absolute Gasteiger partial charge is 0.255 e. The fraction of sp³-hybridized carbons (Fsp3) is 0.455. The van der Waals surface area contributed by atoms with Crippen LogP contribution in [0.4, 0.5) is 5.69 Å². The Morgan fingerprint density at radius 3 is 2.88 bits per heavy atom. The molecule has 1 aromatic rings. The maximum Gasteiger partial charge on any atom is 0.255 e. The number of amides is 1. The number of carbonyl (C=O) groups is 1. The molecule has 0 aliphatic heterocycles. The van der Waals surface area contributed by atoms with Gasteiger partial charge in [-0.25, -0.2) is 0 Å². The van der Waals surface area contributed by atoms with Crippen LogP contribution in [0.25, 0.3) is 0 Å². The molecule has 1 aliphatic carbocycles. The number of aromatic nitrogens is 1. The Balaban J connectivity index is 2.14. The summed E-state index contributed by atoms with van der Waals surface area (Å²) in [7, 11) is 0. The number of hydrogen-bond acceptors (Lipinski definition) is 4. The first-order valence-corrected chi connectivity index (χ1v) is 5.45. The van der Waals surface area contributed by atoms with Crippen LogP contribution in [0.5, 0.6) is 0 Å². The zero-order valence-corrected chi connectivity index (χ0v) is 9.29. The number of nitrogens with two attached hydrogens (primary N) is 1. The topological polar surface area (TPSA) is 80.0 Å². The summed E-state index contributed by atoms with van der Waals surface area (Å²) in [6.45, 7) is 1.86. The Morgan fingerprint density at radius 2 is 2.31 bits per heavy atom. The van der Waals surface area contributed by atoms with Crippen molar-refractivity contribution in [2.45, 2.75) is 32.2 Å². The Labute approximate surface area is 94.4 Å². The number of rotatable bonds is 3. The molecule has 1 heterocycles. The van der Waals surface area contributed by atoms with Crippen molar-refractivity contribution in [3.63, 3.8) is 0 Å². The third-order valence-corrected chi connectivity index (χ3v) is 2.88. The number of hydrazine groups is 1. The van der Waals surface area contributed by atoms with Gasteiger partial charge in [-0.1, -0.05) is 0 Å². The van der Waals surface area contributed by atoms with E-state index in [9.17, 15) is 4.79 Å². The average Bonchev–Trinajstić information content (AvgIpc) is 2.23. The normalized spacial score (nSPS) is 15.4. The zero-order valence-electron chi connectivity index (χ0n) is 9.29. The van der Waals surface area contributed by atoms with Crippen LogP contribution in [0.1, 0.15) is 35.3 Å². The summed E-state index contributed by atoms with van der Waals surface area (Å²) in [5.74, 6) is 5.27. The van der Waals surface area contributed by atoms with E-state index in [1.807, 2.05) is 6.92 Å². The highest BCUT2D eigenvalue weighted by molar-refractivity contribution is 5.99. The van der Waals surface area contributed by atoms with E-state index in [2.05, 4.69) is 15.7 Å². The summed E-state index contributed by atoms with van der Waals surface area (Å²) in [5, 5.41) is 2.95. The van der Waals surface area contributed by atoms with Crippen LogP contribution >= 0.6 is 0 Å². The van der Waals surface area contributed by atoms with E-state index in [0.29, 0.717) is 17.3 Å². The summed E-state index contributed by atoms with van der Waals surface area (Å²) >= 11 is 0. The zero-order chi connectivity index (χ0) is 11.5. The van der Waals surface area contributed by atoms with E-state index >= 15 is 0 Å². The van der Waals surface area contributed by atoms with Crippen LogP contribution in [0.2, 0.25) is 0 Å². The summed E-state index contributed by atoms with van der Waals surface area (Å²) < 4.78 is 0. The van der Waals surface area contributed by atoms with Crippen LogP contribution in [0.3, 0.4) is 0 Å². The molecule has 0 saturated heterocycles. The predicted molar refractivity (Wildman–Crippen MR) is 61.9 cm³/mol. The molecule has 4 N–H and O–H groups in total. The molecule has 0 aromatic carbocycles. The van der Waals surface area contributed by atoms with Crippen molar-refractivity contribution in [1.29, 1.82) is 0 Å². The Bertz CT molecular complexity index is 401.